The van der Waals surface area contributed by atoms with Gasteiger partial charge < -0.3 is 24.0 Å². The zero-order valence-corrected chi connectivity index (χ0v) is 21.3. The maximum absolute atomic E-state index is 13.3. The normalized spacial score (nSPS) is 16.8. The van der Waals surface area contributed by atoms with Crippen LogP contribution in [-0.4, -0.2) is 51.0 Å². The van der Waals surface area contributed by atoms with Crippen LogP contribution < -0.4 is 9.47 Å². The van der Waals surface area contributed by atoms with Crippen molar-refractivity contribution in [3.63, 3.8) is 0 Å². The summed E-state index contributed by atoms with van der Waals surface area (Å²) in [6, 6.07) is 13.6. The van der Waals surface area contributed by atoms with Crippen molar-refractivity contribution in [3.8, 4) is 11.5 Å². The molecule has 0 saturated carbocycles. The van der Waals surface area contributed by atoms with Crippen LogP contribution in [-0.2, 0) is 16.1 Å². The van der Waals surface area contributed by atoms with Crippen LogP contribution >= 0.6 is 0 Å². The van der Waals surface area contributed by atoms with E-state index in [9.17, 15) is 14.7 Å². The topological polar surface area (TPSA) is 93.9 Å². The first-order valence-corrected chi connectivity index (χ1v) is 12.7. The number of carbonyl (C=O) groups is 2. The highest BCUT2D eigenvalue weighted by atomic mass is 16.5. The summed E-state index contributed by atoms with van der Waals surface area (Å²) in [6.07, 6.45) is 7.89. The number of benzene rings is 2. The number of aryl methyl sites for hydroxylation is 1. The first-order valence-electron chi connectivity index (χ1n) is 12.7. The minimum atomic E-state index is -0.719. The molecule has 1 aliphatic heterocycles. The molecule has 37 heavy (non-hydrogen) atoms. The molecule has 1 amide bonds. The third-order valence-electron chi connectivity index (χ3n) is 6.30. The predicted octanol–water partition coefficient (Wildman–Crippen LogP) is 4.97. The summed E-state index contributed by atoms with van der Waals surface area (Å²) in [4.78, 5) is 32.1. The Morgan fingerprint density at radius 1 is 1.00 bits per heavy atom. The molecular weight excluding hydrogens is 470 g/mol. The summed E-state index contributed by atoms with van der Waals surface area (Å²) in [5.41, 5.74) is 1.22. The summed E-state index contributed by atoms with van der Waals surface area (Å²) in [6.45, 7) is 6.06. The van der Waals surface area contributed by atoms with Crippen LogP contribution in [0.3, 0.4) is 0 Å². The number of ketones is 1. The van der Waals surface area contributed by atoms with Crippen molar-refractivity contribution in [1.29, 1.82) is 0 Å². The average Bonchev–Trinajstić information content (AvgIpc) is 3.52. The number of hydrogen-bond acceptors (Lipinski definition) is 6. The lowest BCUT2D eigenvalue weighted by atomic mass is 9.95. The Balaban J connectivity index is 1.68. The minimum absolute atomic E-state index is 0.0703. The highest BCUT2D eigenvalue weighted by molar-refractivity contribution is 6.46. The molecule has 8 heteroatoms. The van der Waals surface area contributed by atoms with Crippen molar-refractivity contribution < 1.29 is 24.2 Å². The van der Waals surface area contributed by atoms with E-state index in [1.807, 2.05) is 42.0 Å². The highest BCUT2D eigenvalue weighted by Gasteiger charge is 2.45. The van der Waals surface area contributed by atoms with E-state index in [0.29, 0.717) is 44.0 Å². The maximum Gasteiger partial charge on any atom is 0.295 e. The molecule has 0 radical (unpaired) electrons. The van der Waals surface area contributed by atoms with Gasteiger partial charge in [0.15, 0.2) is 0 Å². The molecular formula is C29H33N3O5. The molecule has 0 aliphatic carbocycles. The van der Waals surface area contributed by atoms with Gasteiger partial charge in [-0.15, -0.1) is 0 Å². The van der Waals surface area contributed by atoms with Gasteiger partial charge in [0, 0.05) is 31.0 Å². The van der Waals surface area contributed by atoms with Crippen molar-refractivity contribution >= 4 is 17.4 Å². The zero-order chi connectivity index (χ0) is 26.2. The summed E-state index contributed by atoms with van der Waals surface area (Å²) in [7, 11) is 0. The monoisotopic (exact) mass is 503 g/mol. The number of rotatable bonds is 12. The van der Waals surface area contributed by atoms with Crippen LogP contribution in [0.5, 0.6) is 11.5 Å². The fourth-order valence-corrected chi connectivity index (χ4v) is 4.44. The number of nitrogens with zero attached hydrogens (tertiary/aromatic N) is 3. The number of aliphatic hydroxyl groups is 1. The van der Waals surface area contributed by atoms with E-state index < -0.39 is 17.7 Å². The molecule has 1 atom stereocenters. The fraction of sp³-hybridized carbons (Fsp3) is 0.345. The van der Waals surface area contributed by atoms with Crippen LogP contribution in [0.15, 0.2) is 72.8 Å². The summed E-state index contributed by atoms with van der Waals surface area (Å²) in [5.74, 6) is -0.244. The first kappa shape index (κ1) is 26.0. The SMILES string of the molecule is CCCCOc1ccc(C2C(=C(O)c3cccc(OCC)c3)C(=O)C(=O)N2CCCn2ccnc2)cc1. The highest BCUT2D eigenvalue weighted by Crippen LogP contribution is 2.40. The molecule has 1 aliphatic rings. The Kier molecular flexibility index (Phi) is 8.61. The molecule has 1 aromatic heterocycles. The number of hydrogen-bond donors (Lipinski definition) is 1. The van der Waals surface area contributed by atoms with Crippen molar-refractivity contribution in [3.05, 3.63) is 84.0 Å². The lowest BCUT2D eigenvalue weighted by Crippen LogP contribution is -2.31. The third-order valence-corrected chi connectivity index (χ3v) is 6.30. The number of aliphatic hydroxyl groups excluding tert-OH is 1. The van der Waals surface area contributed by atoms with Crippen LogP contribution in [0.1, 0.15) is 50.3 Å². The predicted molar refractivity (Wildman–Crippen MR) is 140 cm³/mol. The van der Waals surface area contributed by atoms with Crippen LogP contribution in [0.4, 0.5) is 0 Å². The van der Waals surface area contributed by atoms with Gasteiger partial charge in [-0.3, -0.25) is 9.59 Å². The molecule has 4 rings (SSSR count). The largest absolute Gasteiger partial charge is 0.507 e. The number of carbonyl (C=O) groups excluding carboxylic acids is 2. The van der Waals surface area contributed by atoms with E-state index in [2.05, 4.69) is 11.9 Å². The lowest BCUT2D eigenvalue weighted by molar-refractivity contribution is -0.139. The quantitative estimate of drug-likeness (QED) is 0.162. The van der Waals surface area contributed by atoms with E-state index in [1.54, 1.807) is 41.7 Å². The van der Waals surface area contributed by atoms with Gasteiger partial charge in [0.1, 0.15) is 17.3 Å². The summed E-state index contributed by atoms with van der Waals surface area (Å²) >= 11 is 0. The molecule has 0 bridgehead atoms. The molecule has 8 nitrogen and oxygen atoms in total. The Morgan fingerprint density at radius 2 is 1.81 bits per heavy atom. The van der Waals surface area contributed by atoms with E-state index in [0.717, 1.165) is 24.2 Å². The fourth-order valence-electron chi connectivity index (χ4n) is 4.44. The van der Waals surface area contributed by atoms with Crippen LogP contribution in [0, 0.1) is 0 Å². The maximum atomic E-state index is 13.3. The Morgan fingerprint density at radius 3 is 2.51 bits per heavy atom. The van der Waals surface area contributed by atoms with Crippen molar-refractivity contribution in [2.45, 2.75) is 45.7 Å². The third kappa shape index (κ3) is 6.02. The van der Waals surface area contributed by atoms with Gasteiger partial charge in [-0.1, -0.05) is 37.6 Å². The Bertz CT molecular complexity index is 1230. The molecule has 3 aromatic rings. The molecule has 1 fully saturated rings. The van der Waals surface area contributed by atoms with Gasteiger partial charge in [-0.2, -0.15) is 0 Å². The molecule has 1 unspecified atom stereocenters. The number of aromatic nitrogens is 2. The van der Waals surface area contributed by atoms with Gasteiger partial charge in [-0.25, -0.2) is 4.98 Å². The second kappa shape index (κ2) is 12.3. The second-order valence-corrected chi connectivity index (χ2v) is 8.88. The smallest absolute Gasteiger partial charge is 0.295 e. The van der Waals surface area contributed by atoms with E-state index in [4.69, 9.17) is 9.47 Å². The van der Waals surface area contributed by atoms with Gasteiger partial charge in [0.05, 0.1) is 31.2 Å². The number of likely N-dealkylation sites (tertiary alicyclic amines) is 1. The number of amides is 1. The summed E-state index contributed by atoms with van der Waals surface area (Å²) in [5, 5.41) is 11.3. The van der Waals surface area contributed by atoms with Crippen LogP contribution in [0.2, 0.25) is 0 Å². The van der Waals surface area contributed by atoms with Crippen molar-refractivity contribution in [2.24, 2.45) is 0 Å². The Labute approximate surface area is 217 Å². The number of unbranched alkanes of at least 4 members (excludes halogenated alkanes) is 1. The van der Waals surface area contributed by atoms with E-state index in [-0.39, 0.29) is 11.3 Å². The molecule has 194 valence electrons. The van der Waals surface area contributed by atoms with E-state index in [1.165, 1.54) is 0 Å². The van der Waals surface area contributed by atoms with Crippen LogP contribution in [0.25, 0.3) is 5.76 Å². The van der Waals surface area contributed by atoms with Crippen molar-refractivity contribution in [2.75, 3.05) is 19.8 Å². The van der Waals surface area contributed by atoms with Gasteiger partial charge in [0.2, 0.25) is 0 Å². The molecule has 1 N–H and O–H groups in total. The van der Waals surface area contributed by atoms with Gasteiger partial charge in [0.25, 0.3) is 11.7 Å². The minimum Gasteiger partial charge on any atom is -0.507 e. The lowest BCUT2D eigenvalue weighted by Gasteiger charge is -2.25. The average molecular weight is 504 g/mol. The molecule has 2 aromatic carbocycles. The van der Waals surface area contributed by atoms with Gasteiger partial charge in [-0.05, 0) is 49.6 Å². The van der Waals surface area contributed by atoms with Crippen molar-refractivity contribution in [1.82, 2.24) is 14.5 Å². The second-order valence-electron chi connectivity index (χ2n) is 8.88. The van der Waals surface area contributed by atoms with Gasteiger partial charge >= 0.3 is 0 Å². The molecule has 0 spiro atoms. The molecule has 2 heterocycles. The number of Topliss-reactive ketones (excluding diaryl/α,β-unsaturated/α-hetero) is 1. The Hall–Kier alpha value is -4.07. The number of imidazole rings is 1. The number of ether oxygens (including phenoxy) is 2. The summed E-state index contributed by atoms with van der Waals surface area (Å²) < 4.78 is 13.3. The standard InChI is InChI=1S/C29H33N3O5/c1-3-5-18-37-23-12-10-21(11-13-23)26-25(27(33)22-8-6-9-24(19-22)36-4-2)28(34)29(35)32(26)16-7-15-31-17-14-30-20-31/h6,8-14,17,19-20,26,33H,3-5,7,15-16,18H2,1-2H3. The first-order chi connectivity index (χ1) is 18.0. The molecule has 1 saturated heterocycles. The van der Waals surface area contributed by atoms with E-state index >= 15 is 0 Å². The zero-order valence-electron chi connectivity index (χ0n) is 21.3.